The zero-order valence-corrected chi connectivity index (χ0v) is 39.4. The maximum Gasteiger partial charge on any atom is 0.252 e. The van der Waals surface area contributed by atoms with Crippen LogP contribution in [0.3, 0.4) is 0 Å². The molecule has 11 aromatic rings. The van der Waals surface area contributed by atoms with Crippen molar-refractivity contribution in [1.29, 1.82) is 0 Å². The molecule has 0 unspecified atom stereocenters. The van der Waals surface area contributed by atoms with E-state index in [1.54, 1.807) is 0 Å². The highest BCUT2D eigenvalue weighted by molar-refractivity contribution is 7.00. The Labute approximate surface area is 385 Å². The van der Waals surface area contributed by atoms with E-state index in [9.17, 15) is 0 Å². The predicted octanol–water partition coefficient (Wildman–Crippen LogP) is 13.4. The molecule has 320 valence electrons. The molecule has 8 aromatic carbocycles. The van der Waals surface area contributed by atoms with Crippen molar-refractivity contribution in [2.24, 2.45) is 0 Å². The summed E-state index contributed by atoms with van der Waals surface area (Å²) in [6.07, 6.45) is 0. The minimum atomic E-state index is -0.152. The number of benzene rings is 8. The van der Waals surface area contributed by atoms with E-state index in [4.69, 9.17) is 14.4 Å². The highest BCUT2D eigenvalue weighted by atomic mass is 16.3. The summed E-state index contributed by atoms with van der Waals surface area (Å²) in [4.78, 5) is 11.5. The number of imidazole rings is 2. The molecule has 2 aliphatic heterocycles. The second-order valence-corrected chi connectivity index (χ2v) is 21.2. The zero-order valence-electron chi connectivity index (χ0n) is 39.4. The van der Waals surface area contributed by atoms with Crippen LogP contribution in [0.25, 0.3) is 100 Å². The highest BCUT2D eigenvalue weighted by Crippen LogP contribution is 2.45. The number of nitrogens with zero attached hydrogens (tertiary/aromatic N) is 4. The number of aryl methyl sites for hydroxylation is 4. The van der Waals surface area contributed by atoms with Gasteiger partial charge in [0.25, 0.3) is 6.71 Å². The van der Waals surface area contributed by atoms with E-state index in [-0.39, 0.29) is 17.5 Å². The van der Waals surface area contributed by atoms with Crippen molar-refractivity contribution in [3.05, 3.63) is 161 Å². The first kappa shape index (κ1) is 39.2. The molecule has 0 radical (unpaired) electrons. The fourth-order valence-electron chi connectivity index (χ4n) is 11.8. The maximum absolute atomic E-state index is 7.29. The summed E-state index contributed by atoms with van der Waals surface area (Å²) in [5.74, 6) is 1.89. The number of hydrogen-bond acceptors (Lipinski definition) is 3. The molecule has 0 spiro atoms. The summed E-state index contributed by atoms with van der Waals surface area (Å²) in [6.45, 7) is 22.6. The lowest BCUT2D eigenvalue weighted by molar-refractivity contribution is 0.559. The van der Waals surface area contributed by atoms with Crippen molar-refractivity contribution in [3.63, 3.8) is 0 Å². The lowest BCUT2D eigenvalue weighted by Crippen LogP contribution is -2.59. The van der Waals surface area contributed by atoms with E-state index in [0.29, 0.717) is 0 Å². The Morgan fingerprint density at radius 1 is 0.515 bits per heavy atom. The van der Waals surface area contributed by atoms with Crippen LogP contribution in [-0.4, -0.2) is 25.8 Å². The van der Waals surface area contributed by atoms with Gasteiger partial charge in [-0.15, -0.1) is 0 Å². The molecule has 0 saturated heterocycles. The van der Waals surface area contributed by atoms with Gasteiger partial charge in [0, 0.05) is 38.8 Å². The molecule has 13 rings (SSSR count). The molecule has 5 nitrogen and oxygen atoms in total. The zero-order chi connectivity index (χ0) is 45.3. The Morgan fingerprint density at radius 2 is 1.12 bits per heavy atom. The van der Waals surface area contributed by atoms with Crippen molar-refractivity contribution in [1.82, 2.24) is 19.1 Å². The van der Waals surface area contributed by atoms with Crippen LogP contribution in [0.15, 0.2) is 132 Å². The summed E-state index contributed by atoms with van der Waals surface area (Å²) < 4.78 is 12.2. The number of aromatic nitrogens is 4. The van der Waals surface area contributed by atoms with E-state index in [1.807, 2.05) is 0 Å². The van der Waals surface area contributed by atoms with Gasteiger partial charge in [0.2, 0.25) is 0 Å². The molecule has 0 aliphatic carbocycles. The molecule has 66 heavy (non-hydrogen) atoms. The van der Waals surface area contributed by atoms with Crippen LogP contribution in [0.5, 0.6) is 0 Å². The van der Waals surface area contributed by atoms with Crippen LogP contribution in [0.4, 0.5) is 0 Å². The molecular formula is C60H51BN4O. The van der Waals surface area contributed by atoms with Crippen LogP contribution >= 0.6 is 0 Å². The molecular weight excluding hydrogens is 803 g/mol. The first-order valence-corrected chi connectivity index (χ1v) is 23.5. The fourth-order valence-corrected chi connectivity index (χ4v) is 11.8. The van der Waals surface area contributed by atoms with Gasteiger partial charge >= 0.3 is 0 Å². The maximum atomic E-state index is 7.29. The minimum absolute atomic E-state index is 0.0651. The van der Waals surface area contributed by atoms with E-state index < -0.39 is 0 Å². The number of fused-ring (bicyclic) bond motifs is 9. The fraction of sp³-hybridized carbons (Fsp3) is 0.200. The highest BCUT2D eigenvalue weighted by Gasteiger charge is 2.43. The van der Waals surface area contributed by atoms with Crippen molar-refractivity contribution < 1.29 is 4.42 Å². The molecule has 3 aromatic heterocycles. The lowest BCUT2D eigenvalue weighted by Gasteiger charge is -2.34. The first-order valence-electron chi connectivity index (χ1n) is 23.5. The van der Waals surface area contributed by atoms with Gasteiger partial charge in [-0.05, 0) is 129 Å². The molecule has 0 amide bonds. The Kier molecular flexibility index (Phi) is 7.86. The quantitative estimate of drug-likeness (QED) is 0.166. The molecule has 0 bridgehead atoms. The monoisotopic (exact) mass is 854 g/mol. The largest absolute Gasteiger partial charge is 0.453 e. The smallest absolute Gasteiger partial charge is 0.252 e. The number of hydrogen-bond donors (Lipinski definition) is 0. The summed E-state index contributed by atoms with van der Waals surface area (Å²) >= 11 is 0. The molecule has 0 saturated carbocycles. The number of furan rings is 1. The average molecular weight is 855 g/mol. The van der Waals surface area contributed by atoms with Gasteiger partial charge in [0.1, 0.15) is 22.7 Å². The van der Waals surface area contributed by atoms with Crippen LogP contribution in [0, 0.1) is 27.7 Å². The summed E-state index contributed by atoms with van der Waals surface area (Å²) in [7, 11) is 0. The third-order valence-corrected chi connectivity index (χ3v) is 14.9. The van der Waals surface area contributed by atoms with Gasteiger partial charge in [-0.1, -0.05) is 145 Å². The summed E-state index contributed by atoms with van der Waals surface area (Å²) in [5.41, 5.74) is 23.9. The molecule has 0 fully saturated rings. The average Bonchev–Trinajstić information content (AvgIpc) is 3.98. The molecule has 0 atom stereocenters. The third-order valence-electron chi connectivity index (χ3n) is 14.9. The molecule has 2 aliphatic rings. The van der Waals surface area contributed by atoms with E-state index >= 15 is 0 Å². The van der Waals surface area contributed by atoms with Gasteiger partial charge < -0.3 is 4.42 Å². The minimum Gasteiger partial charge on any atom is -0.453 e. The van der Waals surface area contributed by atoms with Gasteiger partial charge in [-0.3, -0.25) is 9.13 Å². The first-order chi connectivity index (χ1) is 31.7. The van der Waals surface area contributed by atoms with Gasteiger partial charge in [-0.25, -0.2) is 9.97 Å². The van der Waals surface area contributed by atoms with Gasteiger partial charge in [0.05, 0.1) is 16.6 Å². The predicted molar refractivity (Wildman–Crippen MR) is 278 cm³/mol. The Balaban J connectivity index is 1.24. The van der Waals surface area contributed by atoms with E-state index in [1.165, 1.54) is 71.7 Å². The SMILES string of the molecule is Cc1cccc(C)c1-c1cc2c3c(c1)nc(-c1cccc4ccccc14)n3-c1cccc3c1B2c1cc2c4cc(C(C)(C)C)cc(C(C)(C)C)c4oc2c2nc(-c4c(C)cccc4C)n-3c12. The van der Waals surface area contributed by atoms with Gasteiger partial charge in [-0.2, -0.15) is 0 Å². The normalized spacial score (nSPS) is 13.3. The van der Waals surface area contributed by atoms with Crippen LogP contribution in [0.2, 0.25) is 0 Å². The Bertz CT molecular complexity index is 3910. The van der Waals surface area contributed by atoms with Crippen molar-refractivity contribution >= 4 is 77.9 Å². The Hall–Kier alpha value is -7.18. The molecule has 0 N–H and O–H groups in total. The van der Waals surface area contributed by atoms with Crippen molar-refractivity contribution in [2.45, 2.75) is 80.1 Å². The Morgan fingerprint density at radius 3 is 1.82 bits per heavy atom. The molecule has 6 heteroatoms. The summed E-state index contributed by atoms with van der Waals surface area (Å²) in [5, 5.41) is 4.65. The lowest BCUT2D eigenvalue weighted by atomic mass is 9.34. The van der Waals surface area contributed by atoms with E-state index in [0.717, 1.165) is 78.2 Å². The number of rotatable bonds is 3. The van der Waals surface area contributed by atoms with Crippen molar-refractivity contribution in [2.75, 3.05) is 0 Å². The van der Waals surface area contributed by atoms with Crippen LogP contribution < -0.4 is 16.4 Å². The van der Waals surface area contributed by atoms with Crippen LogP contribution in [-0.2, 0) is 10.8 Å². The second kappa shape index (κ2) is 13.2. The topological polar surface area (TPSA) is 48.8 Å². The van der Waals surface area contributed by atoms with Gasteiger partial charge in [0.15, 0.2) is 5.58 Å². The molecule has 5 heterocycles. The van der Waals surface area contributed by atoms with Crippen molar-refractivity contribution in [3.8, 4) is 45.3 Å². The van der Waals surface area contributed by atoms with Crippen LogP contribution in [0.1, 0.15) is 74.9 Å². The third kappa shape index (κ3) is 5.24. The van der Waals surface area contributed by atoms with E-state index in [2.05, 4.69) is 206 Å². The summed E-state index contributed by atoms with van der Waals surface area (Å²) in [6, 6.07) is 47.5. The standard InChI is InChI=1S/C60H51BN4O/c1-32-17-13-18-33(2)49(32)37-27-44-53-46(28-37)62-57(40-24-15-22-36-21-11-12-23-39(36)40)64(53)47-25-16-26-48-51(47)61(44)45-31-42-41-29-38(59(5,6)7)30-43(60(8,9)10)55(41)66-56(42)52-54(45)65(48)58(63-52)50-34(3)19-14-20-35(50)4/h11-31H,1-10H3. The second-order valence-electron chi connectivity index (χ2n) is 21.2.